The molecule has 34 valence electrons. The minimum atomic E-state index is 0.537. The van der Waals surface area contributed by atoms with E-state index in [1.807, 2.05) is 0 Å². The first-order valence-corrected chi connectivity index (χ1v) is 1.56. The van der Waals surface area contributed by atoms with Crippen LogP contribution in [0.25, 0.3) is 0 Å². The molecular weight excluding hydrogens is 78.1 g/mol. The summed E-state index contributed by atoms with van der Waals surface area (Å²) in [7, 11) is 0. The molecule has 0 aromatic carbocycles. The standard InChI is InChI=1S/C3H7N3/c1-3(2-4)6-5/h2,4H,5H2,1H3/b4-2?,6-3-. The van der Waals surface area contributed by atoms with E-state index in [9.17, 15) is 0 Å². The van der Waals surface area contributed by atoms with E-state index < -0.39 is 0 Å². The Balaban J connectivity index is 3.50. The molecular formula is C3H7N3. The summed E-state index contributed by atoms with van der Waals surface area (Å²) in [5, 5.41) is 9.65. The summed E-state index contributed by atoms with van der Waals surface area (Å²) < 4.78 is 0. The first-order chi connectivity index (χ1) is 2.81. The van der Waals surface area contributed by atoms with Crippen LogP contribution < -0.4 is 5.84 Å². The Morgan fingerprint density at radius 2 is 2.50 bits per heavy atom. The van der Waals surface area contributed by atoms with Crippen LogP contribution in [-0.2, 0) is 0 Å². The van der Waals surface area contributed by atoms with Crippen molar-refractivity contribution in [2.45, 2.75) is 6.92 Å². The normalized spacial score (nSPS) is 11.2. The number of rotatable bonds is 1. The van der Waals surface area contributed by atoms with Crippen molar-refractivity contribution in [3.63, 3.8) is 0 Å². The van der Waals surface area contributed by atoms with E-state index in [2.05, 4.69) is 5.10 Å². The van der Waals surface area contributed by atoms with Gasteiger partial charge in [-0.3, -0.25) is 0 Å². The molecule has 0 bridgehead atoms. The van der Waals surface area contributed by atoms with E-state index in [4.69, 9.17) is 11.3 Å². The van der Waals surface area contributed by atoms with Crippen molar-refractivity contribution in [3.05, 3.63) is 0 Å². The lowest BCUT2D eigenvalue weighted by Gasteiger charge is -1.76. The Morgan fingerprint density at radius 1 is 2.00 bits per heavy atom. The van der Waals surface area contributed by atoms with Crippen LogP contribution in [0.4, 0.5) is 0 Å². The third-order valence-electron chi connectivity index (χ3n) is 0.413. The maximum Gasteiger partial charge on any atom is 0.0744 e. The molecule has 3 nitrogen and oxygen atoms in total. The number of nitrogens with zero attached hydrogens (tertiary/aromatic N) is 1. The van der Waals surface area contributed by atoms with E-state index in [0.29, 0.717) is 5.71 Å². The topological polar surface area (TPSA) is 62.2 Å². The van der Waals surface area contributed by atoms with Crippen molar-refractivity contribution in [1.29, 1.82) is 5.41 Å². The Labute approximate surface area is 36.4 Å². The molecule has 0 aliphatic carbocycles. The van der Waals surface area contributed by atoms with E-state index in [1.165, 1.54) is 0 Å². The van der Waals surface area contributed by atoms with Crippen molar-refractivity contribution >= 4 is 11.9 Å². The van der Waals surface area contributed by atoms with E-state index in [-0.39, 0.29) is 0 Å². The van der Waals surface area contributed by atoms with Crippen LogP contribution in [0.5, 0.6) is 0 Å². The van der Waals surface area contributed by atoms with Crippen LogP contribution in [0.1, 0.15) is 6.92 Å². The van der Waals surface area contributed by atoms with Crippen molar-refractivity contribution in [1.82, 2.24) is 0 Å². The first kappa shape index (κ1) is 5.14. The monoisotopic (exact) mass is 85.1 g/mol. The fraction of sp³-hybridized carbons (Fsp3) is 0.333. The van der Waals surface area contributed by atoms with Gasteiger partial charge < -0.3 is 11.3 Å². The lowest BCUT2D eigenvalue weighted by molar-refractivity contribution is 1.25. The maximum absolute atomic E-state index is 6.47. The Morgan fingerprint density at radius 3 is 2.50 bits per heavy atom. The van der Waals surface area contributed by atoms with Crippen LogP contribution in [-0.4, -0.2) is 11.9 Å². The van der Waals surface area contributed by atoms with E-state index in [1.54, 1.807) is 6.92 Å². The third kappa shape index (κ3) is 1.46. The van der Waals surface area contributed by atoms with Gasteiger partial charge in [0.15, 0.2) is 0 Å². The molecule has 0 aliphatic heterocycles. The molecule has 0 amide bonds. The minimum absolute atomic E-state index is 0.537. The lowest BCUT2D eigenvalue weighted by atomic mass is 10.5. The Kier molecular flexibility index (Phi) is 2.04. The molecule has 0 aliphatic rings. The number of hydrogen-bond acceptors (Lipinski definition) is 3. The van der Waals surface area contributed by atoms with Gasteiger partial charge in [0.05, 0.1) is 5.71 Å². The molecule has 0 radical (unpaired) electrons. The Hall–Kier alpha value is -0.860. The molecule has 0 fully saturated rings. The lowest BCUT2D eigenvalue weighted by Crippen LogP contribution is -1.94. The molecule has 0 rings (SSSR count). The van der Waals surface area contributed by atoms with Crippen LogP contribution in [0.3, 0.4) is 0 Å². The minimum Gasteiger partial charge on any atom is -0.323 e. The van der Waals surface area contributed by atoms with Gasteiger partial charge in [0.1, 0.15) is 0 Å². The largest absolute Gasteiger partial charge is 0.323 e. The summed E-state index contributed by atoms with van der Waals surface area (Å²) in [6.07, 6.45) is 1.10. The van der Waals surface area contributed by atoms with Crippen molar-refractivity contribution in [2.24, 2.45) is 10.9 Å². The maximum atomic E-state index is 6.47. The molecule has 3 heteroatoms. The van der Waals surface area contributed by atoms with Gasteiger partial charge in [0.25, 0.3) is 0 Å². The SMILES string of the molecule is C/C(C=N)=N/N. The highest BCUT2D eigenvalue weighted by Gasteiger charge is 1.71. The highest BCUT2D eigenvalue weighted by molar-refractivity contribution is 6.28. The molecule has 0 unspecified atom stereocenters. The van der Waals surface area contributed by atoms with Gasteiger partial charge in [-0.1, -0.05) is 0 Å². The zero-order valence-corrected chi connectivity index (χ0v) is 3.60. The number of nitrogens with two attached hydrogens (primary N) is 1. The van der Waals surface area contributed by atoms with Gasteiger partial charge in [-0.05, 0) is 6.92 Å². The molecule has 0 heterocycles. The zero-order valence-electron chi connectivity index (χ0n) is 3.60. The van der Waals surface area contributed by atoms with Crippen LogP contribution in [0.15, 0.2) is 5.10 Å². The molecule has 0 aromatic rings. The molecule has 0 saturated heterocycles. The molecule has 6 heavy (non-hydrogen) atoms. The smallest absolute Gasteiger partial charge is 0.0744 e. The predicted molar refractivity (Wildman–Crippen MR) is 26.1 cm³/mol. The number of hydrazone groups is 1. The van der Waals surface area contributed by atoms with Gasteiger partial charge in [-0.15, -0.1) is 0 Å². The average molecular weight is 85.1 g/mol. The summed E-state index contributed by atoms with van der Waals surface area (Å²) in [6, 6.07) is 0. The molecule has 0 aromatic heterocycles. The zero-order chi connectivity index (χ0) is 4.99. The highest BCUT2D eigenvalue weighted by Crippen LogP contribution is 1.58. The van der Waals surface area contributed by atoms with Gasteiger partial charge in [0.2, 0.25) is 0 Å². The summed E-state index contributed by atoms with van der Waals surface area (Å²) >= 11 is 0. The predicted octanol–water partition coefficient (Wildman–Crippen LogP) is -0.0294. The fourth-order valence-electron chi connectivity index (χ4n) is 0.0373. The summed E-state index contributed by atoms with van der Waals surface area (Å²) in [5.74, 6) is 4.72. The second kappa shape index (κ2) is 2.38. The van der Waals surface area contributed by atoms with Crippen LogP contribution >= 0.6 is 0 Å². The Bertz CT molecular complexity index is 74.1. The van der Waals surface area contributed by atoms with Gasteiger partial charge in [0, 0.05) is 6.21 Å². The molecule has 0 spiro atoms. The number of nitrogens with one attached hydrogen (secondary N) is 1. The average Bonchev–Trinajstić information content (AvgIpc) is 1.65. The van der Waals surface area contributed by atoms with Gasteiger partial charge in [-0.25, -0.2) is 0 Å². The summed E-state index contributed by atoms with van der Waals surface area (Å²) in [6.45, 7) is 1.66. The molecule has 0 atom stereocenters. The van der Waals surface area contributed by atoms with Crippen molar-refractivity contribution in [3.8, 4) is 0 Å². The quantitative estimate of drug-likeness (QED) is 0.262. The molecule has 0 saturated carbocycles. The fourth-order valence-corrected chi connectivity index (χ4v) is 0.0373. The van der Waals surface area contributed by atoms with Crippen LogP contribution in [0, 0.1) is 5.41 Å². The highest BCUT2D eigenvalue weighted by atomic mass is 15.1. The summed E-state index contributed by atoms with van der Waals surface area (Å²) in [5.41, 5.74) is 0.537. The molecule has 3 N–H and O–H groups in total. The third-order valence-corrected chi connectivity index (χ3v) is 0.413. The second-order valence-corrected chi connectivity index (χ2v) is 0.915. The van der Waals surface area contributed by atoms with Gasteiger partial charge in [-0.2, -0.15) is 5.10 Å². The summed E-state index contributed by atoms with van der Waals surface area (Å²) in [4.78, 5) is 0. The second-order valence-electron chi connectivity index (χ2n) is 0.915. The first-order valence-electron chi connectivity index (χ1n) is 1.56. The van der Waals surface area contributed by atoms with Crippen molar-refractivity contribution in [2.75, 3.05) is 0 Å². The van der Waals surface area contributed by atoms with Crippen LogP contribution in [0.2, 0.25) is 0 Å². The number of hydrogen-bond donors (Lipinski definition) is 2. The van der Waals surface area contributed by atoms with Crippen molar-refractivity contribution < 1.29 is 0 Å². The van der Waals surface area contributed by atoms with E-state index in [0.717, 1.165) is 6.21 Å². The van der Waals surface area contributed by atoms with E-state index >= 15 is 0 Å². The van der Waals surface area contributed by atoms with Gasteiger partial charge >= 0.3 is 0 Å².